The zero-order valence-electron chi connectivity index (χ0n) is 22.2. The Bertz CT molecular complexity index is 1580. The normalized spacial score (nSPS) is 14.7. The summed E-state index contributed by atoms with van der Waals surface area (Å²) < 4.78 is 39.7. The van der Waals surface area contributed by atoms with Gasteiger partial charge in [0.05, 0.1) is 11.7 Å². The molecule has 0 fully saturated rings. The van der Waals surface area contributed by atoms with Gasteiger partial charge >= 0.3 is 0 Å². The lowest BCUT2D eigenvalue weighted by molar-refractivity contribution is -0.0754. The molecule has 0 bridgehead atoms. The number of carbonyl (C=O) groups excluding carboxylic acids is 2. The number of halogens is 3. The van der Waals surface area contributed by atoms with E-state index in [9.17, 15) is 18.4 Å². The van der Waals surface area contributed by atoms with Gasteiger partial charge < -0.3 is 19.7 Å². The number of benzene rings is 4. The lowest BCUT2D eigenvalue weighted by Gasteiger charge is -2.25. The maximum absolute atomic E-state index is 14.2. The van der Waals surface area contributed by atoms with Crippen molar-refractivity contribution in [1.29, 1.82) is 0 Å². The molecule has 1 unspecified atom stereocenters. The van der Waals surface area contributed by atoms with Gasteiger partial charge in [-0.2, -0.15) is 0 Å². The van der Waals surface area contributed by atoms with Crippen LogP contribution in [0.1, 0.15) is 45.2 Å². The van der Waals surface area contributed by atoms with Crippen molar-refractivity contribution in [2.45, 2.75) is 18.9 Å². The third kappa shape index (κ3) is 6.47. The second-order valence-corrected chi connectivity index (χ2v) is 10.7. The zero-order chi connectivity index (χ0) is 28.9. The van der Waals surface area contributed by atoms with Crippen LogP contribution in [-0.4, -0.2) is 32.3 Å². The fourth-order valence-corrected chi connectivity index (χ4v) is 5.70. The molecule has 4 aromatic carbocycles. The van der Waals surface area contributed by atoms with E-state index in [-0.39, 0.29) is 12.7 Å². The molecule has 0 saturated carbocycles. The van der Waals surface area contributed by atoms with Crippen molar-refractivity contribution in [2.24, 2.45) is 0 Å². The second kappa shape index (κ2) is 12.9. The highest BCUT2D eigenvalue weighted by Gasteiger charge is 2.29. The van der Waals surface area contributed by atoms with Gasteiger partial charge in [0.15, 0.2) is 0 Å². The van der Waals surface area contributed by atoms with Crippen LogP contribution in [0.25, 0.3) is 11.1 Å². The number of carbonyl (C=O) groups is 2. The van der Waals surface area contributed by atoms with Crippen LogP contribution in [0.4, 0.5) is 20.2 Å². The molecule has 0 spiro atoms. The molecule has 0 saturated heterocycles. The fourth-order valence-electron chi connectivity index (χ4n) is 4.96. The summed E-state index contributed by atoms with van der Waals surface area (Å²) in [6, 6.07) is 22.6. The van der Waals surface area contributed by atoms with Crippen molar-refractivity contribution in [3.8, 4) is 11.1 Å². The maximum Gasteiger partial charge on any atom is 0.259 e. The minimum atomic E-state index is -0.438. The third-order valence-corrected chi connectivity index (χ3v) is 7.77. The molecule has 0 aliphatic carbocycles. The summed E-state index contributed by atoms with van der Waals surface area (Å²) in [5.74, 6) is -1.48. The van der Waals surface area contributed by atoms with Crippen LogP contribution in [-0.2, 0) is 9.47 Å². The highest BCUT2D eigenvalue weighted by atomic mass is 127. The standard InChI is InChI=1S/C32H27F2IN2O4/c1-40-19-41-30-8-5-15-37(29-14-10-22(34)17-27(29)30)32(39)25-13-11-23(18-28(25)35)36-31(38)24-12-9-21(33)16-26(24)20-6-3-2-4-7-20/h2-4,6-7,9-14,16-18,30H,5,8,15,19H2,1H3,(H,36,38). The summed E-state index contributed by atoms with van der Waals surface area (Å²) in [5, 5.41) is 2.87. The van der Waals surface area contributed by atoms with Gasteiger partial charge in [0.2, 0.25) is 0 Å². The molecule has 6 nitrogen and oxygen atoms in total. The molecule has 41 heavy (non-hydrogen) atoms. The SMILES string of the molecule is COCOC1CCCN(C(=O)c2ccc(NC(=O)c3ccc(F)cc3-c3ccccc3)cc2I)c2ccc(F)cc21. The van der Waals surface area contributed by atoms with E-state index in [1.807, 2.05) is 30.3 Å². The summed E-state index contributed by atoms with van der Waals surface area (Å²) in [4.78, 5) is 28.7. The van der Waals surface area contributed by atoms with E-state index in [1.54, 1.807) is 29.2 Å². The summed E-state index contributed by atoms with van der Waals surface area (Å²) in [6.07, 6.45) is 0.866. The average Bonchev–Trinajstić information content (AvgIpc) is 3.15. The molecule has 2 amide bonds. The van der Waals surface area contributed by atoms with Crippen LogP contribution in [0.3, 0.4) is 0 Å². The van der Waals surface area contributed by atoms with E-state index in [2.05, 4.69) is 27.9 Å². The Morgan fingerprint density at radius 1 is 0.951 bits per heavy atom. The Morgan fingerprint density at radius 2 is 1.68 bits per heavy atom. The first-order valence-corrected chi connectivity index (χ1v) is 14.1. The smallest absolute Gasteiger partial charge is 0.259 e. The average molecular weight is 668 g/mol. The summed E-state index contributed by atoms with van der Waals surface area (Å²) in [6.45, 7) is 0.496. The highest BCUT2D eigenvalue weighted by molar-refractivity contribution is 14.1. The van der Waals surface area contributed by atoms with Gasteiger partial charge in [0.1, 0.15) is 18.4 Å². The summed E-state index contributed by atoms with van der Waals surface area (Å²) >= 11 is 2.07. The Balaban J connectivity index is 1.39. The van der Waals surface area contributed by atoms with Crippen LogP contribution in [0.15, 0.2) is 84.9 Å². The van der Waals surface area contributed by atoms with Gasteiger partial charge in [-0.1, -0.05) is 30.3 Å². The Hall–Kier alpha value is -3.67. The van der Waals surface area contributed by atoms with Crippen molar-refractivity contribution in [3.05, 3.63) is 117 Å². The van der Waals surface area contributed by atoms with Crippen LogP contribution in [0.2, 0.25) is 0 Å². The van der Waals surface area contributed by atoms with Gasteiger partial charge in [-0.05, 0) is 101 Å². The molecule has 1 aliphatic heterocycles. The predicted octanol–water partition coefficient (Wildman–Crippen LogP) is 7.59. The Kier molecular flexibility index (Phi) is 9.06. The Labute approximate surface area is 250 Å². The third-order valence-electron chi connectivity index (χ3n) is 6.88. The largest absolute Gasteiger partial charge is 0.359 e. The van der Waals surface area contributed by atoms with Gasteiger partial charge in [-0.25, -0.2) is 8.78 Å². The number of amides is 2. The van der Waals surface area contributed by atoms with Crippen LogP contribution in [0, 0.1) is 15.2 Å². The number of anilines is 2. The van der Waals surface area contributed by atoms with E-state index in [0.29, 0.717) is 56.6 Å². The molecule has 5 rings (SSSR count). The molecular weight excluding hydrogens is 641 g/mol. The minimum absolute atomic E-state index is 0.0599. The van der Waals surface area contributed by atoms with Crippen LogP contribution >= 0.6 is 22.6 Å². The number of ether oxygens (including phenoxy) is 2. The van der Waals surface area contributed by atoms with Crippen molar-refractivity contribution in [3.63, 3.8) is 0 Å². The van der Waals surface area contributed by atoms with Gasteiger partial charge in [0.25, 0.3) is 11.8 Å². The van der Waals surface area contributed by atoms with E-state index < -0.39 is 23.6 Å². The first-order valence-electron chi connectivity index (χ1n) is 13.0. The number of nitrogens with zero attached hydrogens (tertiary/aromatic N) is 1. The predicted molar refractivity (Wildman–Crippen MR) is 162 cm³/mol. The highest BCUT2D eigenvalue weighted by Crippen LogP contribution is 2.37. The quantitative estimate of drug-likeness (QED) is 0.163. The summed E-state index contributed by atoms with van der Waals surface area (Å²) in [7, 11) is 1.52. The van der Waals surface area contributed by atoms with E-state index in [0.717, 1.165) is 5.56 Å². The van der Waals surface area contributed by atoms with Gasteiger partial charge in [-0.15, -0.1) is 0 Å². The van der Waals surface area contributed by atoms with Crippen LogP contribution < -0.4 is 10.2 Å². The Morgan fingerprint density at radius 3 is 2.44 bits per heavy atom. The molecule has 9 heteroatoms. The molecule has 1 atom stereocenters. The van der Waals surface area contributed by atoms with Crippen molar-refractivity contribution in [2.75, 3.05) is 30.7 Å². The van der Waals surface area contributed by atoms with E-state index in [4.69, 9.17) is 9.47 Å². The van der Waals surface area contributed by atoms with Crippen molar-refractivity contribution >= 4 is 45.8 Å². The molecule has 4 aromatic rings. The lowest BCUT2D eigenvalue weighted by Crippen LogP contribution is -2.32. The molecular formula is C32H27F2IN2O4. The molecule has 1 aliphatic rings. The number of rotatable bonds is 7. The monoisotopic (exact) mass is 668 g/mol. The molecule has 1 heterocycles. The first kappa shape index (κ1) is 28.8. The zero-order valence-corrected chi connectivity index (χ0v) is 24.4. The minimum Gasteiger partial charge on any atom is -0.359 e. The molecule has 0 radical (unpaired) electrons. The number of methoxy groups -OCH3 is 1. The van der Waals surface area contributed by atoms with Crippen molar-refractivity contribution < 1.29 is 27.8 Å². The van der Waals surface area contributed by atoms with Crippen molar-refractivity contribution in [1.82, 2.24) is 0 Å². The van der Waals surface area contributed by atoms with E-state index in [1.165, 1.54) is 37.4 Å². The molecule has 1 N–H and O–H groups in total. The summed E-state index contributed by atoms with van der Waals surface area (Å²) in [5.41, 5.74) is 3.65. The van der Waals surface area contributed by atoms with Gasteiger partial charge in [-0.3, -0.25) is 9.59 Å². The fraction of sp³-hybridized carbons (Fsp3) is 0.188. The maximum atomic E-state index is 14.2. The number of hydrogen-bond donors (Lipinski definition) is 1. The van der Waals surface area contributed by atoms with E-state index >= 15 is 0 Å². The van der Waals surface area contributed by atoms with Crippen LogP contribution in [0.5, 0.6) is 0 Å². The first-order chi connectivity index (χ1) is 19.9. The van der Waals surface area contributed by atoms with Gasteiger partial charge in [0, 0.05) is 39.7 Å². The number of fused-ring (bicyclic) bond motifs is 1. The molecule has 210 valence electrons. The molecule has 0 aromatic heterocycles. The number of nitrogens with one attached hydrogen (secondary N) is 1. The lowest BCUT2D eigenvalue weighted by atomic mass is 9.99. The second-order valence-electron chi connectivity index (χ2n) is 9.57. The number of hydrogen-bond acceptors (Lipinski definition) is 4. The topological polar surface area (TPSA) is 67.9 Å².